The van der Waals surface area contributed by atoms with Crippen LogP contribution in [0.2, 0.25) is 0 Å². The van der Waals surface area contributed by atoms with Crippen molar-refractivity contribution in [2.75, 3.05) is 18.6 Å². The van der Waals surface area contributed by atoms with Crippen molar-refractivity contribution in [1.29, 1.82) is 0 Å². The monoisotopic (exact) mass is 244 g/mol. The molecule has 2 aliphatic rings. The maximum Gasteiger partial charge on any atom is 0.156 e. The third-order valence-electron chi connectivity index (χ3n) is 3.37. The highest BCUT2D eigenvalue weighted by Crippen LogP contribution is 2.43. The number of aliphatic imine (C=N–C) groups is 1. The molecule has 1 aliphatic carbocycles. The topological polar surface area (TPSA) is 24.4 Å². The Hall–Kier alpha value is 0.170. The first kappa shape index (κ1) is 11.6. The van der Waals surface area contributed by atoms with Gasteiger partial charge in [-0.1, -0.05) is 18.2 Å². The predicted molar refractivity (Wildman–Crippen MR) is 72.1 cm³/mol. The molecular weight excluding hydrogens is 224 g/mol. The van der Waals surface area contributed by atoms with E-state index in [-0.39, 0.29) is 0 Å². The SMILES string of the molecule is CSC1(CN=C2NC(C)CCS2)CCC1. The first-order valence-electron chi connectivity index (χ1n) is 5.73. The van der Waals surface area contributed by atoms with Crippen molar-refractivity contribution >= 4 is 28.7 Å². The molecule has 1 saturated carbocycles. The lowest BCUT2D eigenvalue weighted by atomic mass is 9.84. The summed E-state index contributed by atoms with van der Waals surface area (Å²) in [5.74, 6) is 1.22. The van der Waals surface area contributed by atoms with Crippen LogP contribution in [0.15, 0.2) is 4.99 Å². The Morgan fingerprint density at radius 3 is 2.93 bits per heavy atom. The first-order valence-corrected chi connectivity index (χ1v) is 7.94. The standard InChI is InChI=1S/C11H20N2S2/c1-9-4-7-15-10(13-9)12-8-11(14-2)5-3-6-11/h9H,3-8H2,1-2H3,(H,12,13). The largest absolute Gasteiger partial charge is 0.362 e. The molecule has 0 spiro atoms. The van der Waals surface area contributed by atoms with E-state index in [1.165, 1.54) is 36.6 Å². The Bertz CT molecular complexity index is 243. The Labute approximate surface area is 101 Å². The van der Waals surface area contributed by atoms with Crippen molar-refractivity contribution in [1.82, 2.24) is 5.32 Å². The van der Waals surface area contributed by atoms with Crippen LogP contribution in [0.5, 0.6) is 0 Å². The van der Waals surface area contributed by atoms with Crippen LogP contribution < -0.4 is 5.32 Å². The number of nitrogens with one attached hydrogen (secondary N) is 1. The number of amidine groups is 1. The van der Waals surface area contributed by atoms with Gasteiger partial charge in [-0.25, -0.2) is 0 Å². The van der Waals surface area contributed by atoms with Gasteiger partial charge in [-0.2, -0.15) is 11.8 Å². The molecule has 0 aromatic carbocycles. The van der Waals surface area contributed by atoms with E-state index in [1.54, 1.807) is 0 Å². The fourth-order valence-electron chi connectivity index (χ4n) is 1.96. The predicted octanol–water partition coefficient (Wildman–Crippen LogP) is 2.74. The van der Waals surface area contributed by atoms with Gasteiger partial charge in [-0.05, 0) is 32.4 Å². The quantitative estimate of drug-likeness (QED) is 0.826. The maximum absolute atomic E-state index is 4.75. The molecule has 1 saturated heterocycles. The summed E-state index contributed by atoms with van der Waals surface area (Å²) in [5.41, 5.74) is 0. The Morgan fingerprint density at radius 1 is 1.60 bits per heavy atom. The zero-order chi connectivity index (χ0) is 10.7. The second-order valence-corrected chi connectivity index (χ2v) is 6.90. The van der Waals surface area contributed by atoms with Gasteiger partial charge in [0.1, 0.15) is 0 Å². The maximum atomic E-state index is 4.75. The Morgan fingerprint density at radius 2 is 2.40 bits per heavy atom. The van der Waals surface area contributed by atoms with Gasteiger partial charge in [-0.3, -0.25) is 4.99 Å². The van der Waals surface area contributed by atoms with E-state index in [2.05, 4.69) is 18.5 Å². The Kier molecular flexibility index (Phi) is 3.88. The number of hydrogen-bond acceptors (Lipinski definition) is 3. The molecule has 1 N–H and O–H groups in total. The normalized spacial score (nSPS) is 32.1. The van der Waals surface area contributed by atoms with Crippen molar-refractivity contribution in [3.63, 3.8) is 0 Å². The molecule has 0 aromatic rings. The smallest absolute Gasteiger partial charge is 0.156 e. The average molecular weight is 244 g/mol. The third kappa shape index (κ3) is 2.84. The number of thioether (sulfide) groups is 2. The van der Waals surface area contributed by atoms with Gasteiger partial charge < -0.3 is 5.32 Å². The first-order chi connectivity index (χ1) is 7.24. The summed E-state index contributed by atoms with van der Waals surface area (Å²) in [7, 11) is 0. The molecule has 86 valence electrons. The van der Waals surface area contributed by atoms with Crippen LogP contribution in [-0.4, -0.2) is 34.5 Å². The molecule has 2 nitrogen and oxygen atoms in total. The van der Waals surface area contributed by atoms with Gasteiger partial charge in [-0.15, -0.1) is 0 Å². The molecule has 2 rings (SSSR count). The second-order valence-electron chi connectivity index (χ2n) is 4.54. The summed E-state index contributed by atoms with van der Waals surface area (Å²) >= 11 is 3.89. The van der Waals surface area contributed by atoms with E-state index in [1.807, 2.05) is 23.5 Å². The van der Waals surface area contributed by atoms with Crippen LogP contribution >= 0.6 is 23.5 Å². The summed E-state index contributed by atoms with van der Waals surface area (Å²) in [6.45, 7) is 3.25. The lowest BCUT2D eigenvalue weighted by Gasteiger charge is -2.39. The highest BCUT2D eigenvalue weighted by atomic mass is 32.2. The molecule has 4 heteroatoms. The van der Waals surface area contributed by atoms with E-state index in [9.17, 15) is 0 Å². The molecule has 0 bridgehead atoms. The number of nitrogens with zero attached hydrogens (tertiary/aromatic N) is 1. The van der Waals surface area contributed by atoms with Crippen molar-refractivity contribution in [2.45, 2.75) is 43.4 Å². The molecule has 15 heavy (non-hydrogen) atoms. The Balaban J connectivity index is 1.86. The molecule has 1 aliphatic heterocycles. The van der Waals surface area contributed by atoms with Crippen molar-refractivity contribution in [2.24, 2.45) is 4.99 Å². The van der Waals surface area contributed by atoms with E-state index in [4.69, 9.17) is 4.99 Å². The van der Waals surface area contributed by atoms with Crippen molar-refractivity contribution in [3.05, 3.63) is 0 Å². The van der Waals surface area contributed by atoms with Gasteiger partial charge in [0.15, 0.2) is 5.17 Å². The highest BCUT2D eigenvalue weighted by molar-refractivity contribution is 8.13. The van der Waals surface area contributed by atoms with Gasteiger partial charge in [0, 0.05) is 16.5 Å². The third-order valence-corrected chi connectivity index (χ3v) is 5.73. The molecule has 1 heterocycles. The highest BCUT2D eigenvalue weighted by Gasteiger charge is 2.36. The van der Waals surface area contributed by atoms with Crippen molar-refractivity contribution < 1.29 is 0 Å². The van der Waals surface area contributed by atoms with E-state index in [0.29, 0.717) is 10.8 Å². The zero-order valence-corrected chi connectivity index (χ0v) is 11.2. The van der Waals surface area contributed by atoms with Gasteiger partial charge in [0.25, 0.3) is 0 Å². The van der Waals surface area contributed by atoms with Gasteiger partial charge in [0.05, 0.1) is 6.54 Å². The van der Waals surface area contributed by atoms with Crippen molar-refractivity contribution in [3.8, 4) is 0 Å². The minimum absolute atomic E-state index is 0.482. The summed E-state index contributed by atoms with van der Waals surface area (Å²) in [5, 5.41) is 4.64. The van der Waals surface area contributed by atoms with Gasteiger partial charge >= 0.3 is 0 Å². The van der Waals surface area contributed by atoms with E-state index in [0.717, 1.165) is 6.54 Å². The summed E-state index contributed by atoms with van der Waals surface area (Å²) in [6.07, 6.45) is 7.58. The van der Waals surface area contributed by atoms with Crippen LogP contribution in [0.3, 0.4) is 0 Å². The number of rotatable bonds is 3. The van der Waals surface area contributed by atoms with Crippen LogP contribution in [0.4, 0.5) is 0 Å². The van der Waals surface area contributed by atoms with Crippen LogP contribution in [0.25, 0.3) is 0 Å². The summed E-state index contributed by atoms with van der Waals surface area (Å²) in [4.78, 5) is 4.75. The molecule has 1 atom stereocenters. The van der Waals surface area contributed by atoms with Crippen LogP contribution in [0, 0.1) is 0 Å². The molecule has 0 amide bonds. The number of hydrogen-bond donors (Lipinski definition) is 1. The molecule has 0 aromatic heterocycles. The average Bonchev–Trinajstić information content (AvgIpc) is 2.17. The second kappa shape index (κ2) is 5.00. The molecular formula is C11H20N2S2. The van der Waals surface area contributed by atoms with Gasteiger partial charge in [0.2, 0.25) is 0 Å². The van der Waals surface area contributed by atoms with Crippen LogP contribution in [0.1, 0.15) is 32.6 Å². The molecule has 0 radical (unpaired) electrons. The molecule has 1 unspecified atom stereocenters. The lowest BCUT2D eigenvalue weighted by molar-refractivity contribution is 0.372. The minimum atomic E-state index is 0.482. The van der Waals surface area contributed by atoms with E-state index >= 15 is 0 Å². The lowest BCUT2D eigenvalue weighted by Crippen LogP contribution is -2.39. The summed E-state index contributed by atoms with van der Waals surface area (Å²) in [6, 6.07) is 0.608. The van der Waals surface area contributed by atoms with E-state index < -0.39 is 0 Å². The fraction of sp³-hybridized carbons (Fsp3) is 0.909. The molecule has 2 fully saturated rings. The zero-order valence-electron chi connectivity index (χ0n) is 9.58. The fourth-order valence-corrected chi connectivity index (χ4v) is 3.96. The minimum Gasteiger partial charge on any atom is -0.362 e. The summed E-state index contributed by atoms with van der Waals surface area (Å²) < 4.78 is 0.482. The van der Waals surface area contributed by atoms with Crippen LogP contribution in [-0.2, 0) is 0 Å².